The average Bonchev–Trinajstić information content (AvgIpc) is 3.03. The summed E-state index contributed by atoms with van der Waals surface area (Å²) in [4.78, 5) is 0. The fourth-order valence-electron chi connectivity index (χ4n) is 2.94. The first-order chi connectivity index (χ1) is 11.7. The van der Waals surface area contributed by atoms with Crippen LogP contribution in [0, 0.1) is 0 Å². The summed E-state index contributed by atoms with van der Waals surface area (Å²) in [5, 5.41) is 18.8. The van der Waals surface area contributed by atoms with E-state index in [2.05, 4.69) is 0 Å². The quantitative estimate of drug-likeness (QED) is 0.883. The first-order valence-corrected chi connectivity index (χ1v) is 7.67. The number of phenolic OH excluding ortho intramolecular Hbond substituents is 1. The molecule has 2 aromatic rings. The molecule has 0 saturated carbocycles. The van der Waals surface area contributed by atoms with E-state index < -0.39 is 0 Å². The van der Waals surface area contributed by atoms with Gasteiger partial charge in [0.05, 0.1) is 27.4 Å². The third-order valence-electron chi connectivity index (χ3n) is 4.12. The third-order valence-corrected chi connectivity index (χ3v) is 4.12. The molecule has 3 rings (SSSR count). The van der Waals surface area contributed by atoms with Crippen LogP contribution in [0.25, 0.3) is 6.08 Å². The Bertz CT molecular complexity index is 767. The Morgan fingerprint density at radius 3 is 2.67 bits per heavy atom. The van der Waals surface area contributed by atoms with Crippen molar-refractivity contribution < 1.29 is 24.4 Å². The lowest BCUT2D eigenvalue weighted by atomic mass is 9.91. The normalized spacial score (nSPS) is 16.0. The lowest BCUT2D eigenvalue weighted by Gasteiger charge is -2.13. The molecule has 0 aliphatic carbocycles. The summed E-state index contributed by atoms with van der Waals surface area (Å²) in [5.74, 6) is 1.96. The van der Waals surface area contributed by atoms with Crippen LogP contribution >= 0.6 is 0 Å². The van der Waals surface area contributed by atoms with Gasteiger partial charge < -0.3 is 24.4 Å². The van der Waals surface area contributed by atoms with E-state index in [1.165, 1.54) is 7.11 Å². The van der Waals surface area contributed by atoms with E-state index in [1.807, 2.05) is 30.3 Å². The summed E-state index contributed by atoms with van der Waals surface area (Å²) in [5.41, 5.74) is 2.94. The van der Waals surface area contributed by atoms with Gasteiger partial charge in [0.15, 0.2) is 23.0 Å². The van der Waals surface area contributed by atoms with Crippen LogP contribution in [0.15, 0.2) is 36.4 Å². The topological polar surface area (TPSA) is 68.2 Å². The molecule has 1 unspecified atom stereocenters. The summed E-state index contributed by atoms with van der Waals surface area (Å²) in [6, 6.07) is 9.22. The summed E-state index contributed by atoms with van der Waals surface area (Å²) < 4.78 is 16.5. The highest BCUT2D eigenvalue weighted by molar-refractivity contribution is 5.63. The molecule has 2 N–H and O–H groups in total. The second-order valence-corrected chi connectivity index (χ2v) is 5.52. The van der Waals surface area contributed by atoms with Gasteiger partial charge in [-0.25, -0.2) is 0 Å². The van der Waals surface area contributed by atoms with Gasteiger partial charge in [0.1, 0.15) is 0 Å². The van der Waals surface area contributed by atoms with E-state index in [0.29, 0.717) is 18.1 Å². The lowest BCUT2D eigenvalue weighted by Crippen LogP contribution is -2.03. The van der Waals surface area contributed by atoms with Crippen LogP contribution in [0.5, 0.6) is 23.0 Å². The predicted octanol–water partition coefficient (Wildman–Crippen LogP) is 2.94. The highest BCUT2D eigenvalue weighted by atomic mass is 16.5. The first-order valence-electron chi connectivity index (χ1n) is 7.67. The van der Waals surface area contributed by atoms with Crippen LogP contribution in [0.3, 0.4) is 0 Å². The Labute approximate surface area is 140 Å². The van der Waals surface area contributed by atoms with Gasteiger partial charge in [-0.05, 0) is 35.4 Å². The monoisotopic (exact) mass is 328 g/mol. The van der Waals surface area contributed by atoms with Crippen molar-refractivity contribution in [2.24, 2.45) is 0 Å². The molecule has 1 heterocycles. The van der Waals surface area contributed by atoms with Crippen LogP contribution < -0.4 is 14.2 Å². The molecule has 0 aromatic heterocycles. The molecule has 0 bridgehead atoms. The smallest absolute Gasteiger partial charge is 0.165 e. The van der Waals surface area contributed by atoms with E-state index in [1.54, 1.807) is 19.3 Å². The number of phenols is 1. The predicted molar refractivity (Wildman–Crippen MR) is 91.1 cm³/mol. The molecular formula is C19H20O5. The minimum absolute atomic E-state index is 0.0193. The second-order valence-electron chi connectivity index (χ2n) is 5.52. The number of methoxy groups -OCH3 is 2. The maximum absolute atomic E-state index is 9.79. The van der Waals surface area contributed by atoms with Crippen LogP contribution in [0.4, 0.5) is 0 Å². The molecule has 126 valence electrons. The van der Waals surface area contributed by atoms with Gasteiger partial charge in [-0.3, -0.25) is 0 Å². The summed E-state index contributed by atoms with van der Waals surface area (Å²) in [6.45, 7) is 0.473. The largest absolute Gasteiger partial charge is 0.504 e. The number of benzene rings is 2. The van der Waals surface area contributed by atoms with Gasteiger partial charge in [-0.1, -0.05) is 18.2 Å². The van der Waals surface area contributed by atoms with Crippen molar-refractivity contribution >= 4 is 6.08 Å². The van der Waals surface area contributed by atoms with Crippen molar-refractivity contribution in [1.29, 1.82) is 0 Å². The van der Waals surface area contributed by atoms with Crippen LogP contribution in [0.1, 0.15) is 22.6 Å². The fourth-order valence-corrected chi connectivity index (χ4v) is 2.94. The molecule has 1 aliphatic rings. The van der Waals surface area contributed by atoms with Gasteiger partial charge in [0.2, 0.25) is 0 Å². The van der Waals surface area contributed by atoms with Crippen molar-refractivity contribution in [3.8, 4) is 23.0 Å². The Morgan fingerprint density at radius 2 is 1.96 bits per heavy atom. The minimum atomic E-state index is -0.0194. The second kappa shape index (κ2) is 6.84. The summed E-state index contributed by atoms with van der Waals surface area (Å²) >= 11 is 0. The van der Waals surface area contributed by atoms with Gasteiger partial charge in [0, 0.05) is 11.5 Å². The SMILES string of the molecule is COc1cc(C2COc3c(OC)cc(/C=C/CO)cc32)ccc1O. The number of hydrogen-bond acceptors (Lipinski definition) is 5. The molecule has 1 aliphatic heterocycles. The standard InChI is InChI=1S/C19H20O5/c1-22-17-10-13(5-6-16(17)21)15-11-24-19-14(15)8-12(4-3-7-20)9-18(19)23-2/h3-6,8-10,15,20-21H,7,11H2,1-2H3/b4-3+. The number of aliphatic hydroxyl groups excluding tert-OH is 1. The van der Waals surface area contributed by atoms with E-state index >= 15 is 0 Å². The molecule has 0 amide bonds. The Morgan fingerprint density at radius 1 is 1.17 bits per heavy atom. The van der Waals surface area contributed by atoms with Crippen molar-refractivity contribution in [1.82, 2.24) is 0 Å². The van der Waals surface area contributed by atoms with Gasteiger partial charge >= 0.3 is 0 Å². The van der Waals surface area contributed by atoms with E-state index in [9.17, 15) is 5.11 Å². The summed E-state index contributed by atoms with van der Waals surface area (Å²) in [7, 11) is 3.13. The van der Waals surface area contributed by atoms with Crippen molar-refractivity contribution in [2.45, 2.75) is 5.92 Å². The summed E-state index contributed by atoms with van der Waals surface area (Å²) in [6.07, 6.45) is 3.52. The van der Waals surface area contributed by atoms with E-state index in [0.717, 1.165) is 22.4 Å². The average molecular weight is 328 g/mol. The molecule has 0 spiro atoms. The molecule has 0 fully saturated rings. The highest BCUT2D eigenvalue weighted by Crippen LogP contribution is 2.46. The van der Waals surface area contributed by atoms with Crippen molar-refractivity contribution in [3.05, 3.63) is 53.1 Å². The number of aliphatic hydroxyl groups is 1. The molecule has 0 radical (unpaired) electrons. The molecule has 24 heavy (non-hydrogen) atoms. The third kappa shape index (κ3) is 2.90. The number of aromatic hydroxyl groups is 1. The number of fused-ring (bicyclic) bond motifs is 1. The molecule has 5 heteroatoms. The maximum atomic E-state index is 9.79. The number of rotatable bonds is 5. The van der Waals surface area contributed by atoms with Crippen LogP contribution in [0.2, 0.25) is 0 Å². The minimum Gasteiger partial charge on any atom is -0.504 e. The van der Waals surface area contributed by atoms with Gasteiger partial charge in [0.25, 0.3) is 0 Å². The molecule has 5 nitrogen and oxygen atoms in total. The van der Waals surface area contributed by atoms with Crippen LogP contribution in [-0.2, 0) is 0 Å². The van der Waals surface area contributed by atoms with Gasteiger partial charge in [-0.15, -0.1) is 0 Å². The Hall–Kier alpha value is -2.66. The zero-order valence-corrected chi connectivity index (χ0v) is 13.7. The molecule has 1 atom stereocenters. The van der Waals surface area contributed by atoms with Crippen molar-refractivity contribution in [2.75, 3.05) is 27.4 Å². The maximum Gasteiger partial charge on any atom is 0.165 e. The highest BCUT2D eigenvalue weighted by Gasteiger charge is 2.29. The first kappa shape index (κ1) is 16.2. The molecular weight excluding hydrogens is 308 g/mol. The molecule has 2 aromatic carbocycles. The zero-order valence-electron chi connectivity index (χ0n) is 13.7. The lowest BCUT2D eigenvalue weighted by molar-refractivity contribution is 0.317. The van der Waals surface area contributed by atoms with E-state index in [-0.39, 0.29) is 18.3 Å². The van der Waals surface area contributed by atoms with E-state index in [4.69, 9.17) is 19.3 Å². The fraction of sp³-hybridized carbons (Fsp3) is 0.263. The number of hydrogen-bond donors (Lipinski definition) is 2. The van der Waals surface area contributed by atoms with Crippen molar-refractivity contribution in [3.63, 3.8) is 0 Å². The van der Waals surface area contributed by atoms with Gasteiger partial charge in [-0.2, -0.15) is 0 Å². The van der Waals surface area contributed by atoms with Crippen LogP contribution in [-0.4, -0.2) is 37.6 Å². The Kier molecular flexibility index (Phi) is 4.62. The number of ether oxygens (including phenoxy) is 3. The molecule has 0 saturated heterocycles. The zero-order chi connectivity index (χ0) is 17.1. The Balaban J connectivity index is 2.05.